The highest BCUT2D eigenvalue weighted by molar-refractivity contribution is 8.26. The van der Waals surface area contributed by atoms with E-state index in [0.717, 1.165) is 6.42 Å². The first-order valence-electron chi connectivity index (χ1n) is 5.01. The number of thioether (sulfide) groups is 1. The van der Waals surface area contributed by atoms with Gasteiger partial charge in [-0.1, -0.05) is 30.9 Å². The van der Waals surface area contributed by atoms with E-state index in [4.69, 9.17) is 16.6 Å². The average molecular weight is 253 g/mol. The lowest BCUT2D eigenvalue weighted by Crippen LogP contribution is -2.28. The molecule has 0 N–H and O–H groups in total. The van der Waals surface area contributed by atoms with E-state index < -0.39 is 0 Å². The highest BCUT2D eigenvalue weighted by Crippen LogP contribution is 2.32. The molecule has 1 aromatic heterocycles. The number of carbonyl (C=O) groups excluding carboxylic acids is 1. The van der Waals surface area contributed by atoms with E-state index in [0.29, 0.717) is 21.5 Å². The second kappa shape index (κ2) is 4.84. The van der Waals surface area contributed by atoms with Crippen LogP contribution in [0.1, 0.15) is 19.1 Å². The van der Waals surface area contributed by atoms with Crippen LogP contribution in [-0.4, -0.2) is 21.7 Å². The minimum absolute atomic E-state index is 0.0201. The molecule has 5 heteroatoms. The average Bonchev–Trinajstić information content (AvgIpc) is 2.84. The first kappa shape index (κ1) is 11.4. The van der Waals surface area contributed by atoms with Gasteiger partial charge >= 0.3 is 0 Å². The van der Waals surface area contributed by atoms with Crippen LogP contribution in [0.15, 0.2) is 27.7 Å². The second-order valence-electron chi connectivity index (χ2n) is 3.35. The molecule has 1 aliphatic heterocycles. The first-order valence-corrected chi connectivity index (χ1v) is 6.23. The van der Waals surface area contributed by atoms with Gasteiger partial charge in [0.25, 0.3) is 5.91 Å². The van der Waals surface area contributed by atoms with Crippen LogP contribution in [0.25, 0.3) is 6.08 Å². The molecular formula is C11H11NO2S2. The van der Waals surface area contributed by atoms with Crippen LogP contribution in [0.3, 0.4) is 0 Å². The third-order valence-corrected chi connectivity index (χ3v) is 3.52. The van der Waals surface area contributed by atoms with Crippen molar-refractivity contribution in [3.63, 3.8) is 0 Å². The molecule has 0 radical (unpaired) electrons. The quantitative estimate of drug-likeness (QED) is 0.612. The van der Waals surface area contributed by atoms with E-state index in [1.807, 2.05) is 13.0 Å². The molecule has 0 atom stereocenters. The van der Waals surface area contributed by atoms with Crippen molar-refractivity contribution in [3.05, 3.63) is 29.1 Å². The smallest absolute Gasteiger partial charge is 0.266 e. The number of nitrogens with zero attached hydrogens (tertiary/aromatic N) is 1. The molecule has 1 aliphatic rings. The third kappa shape index (κ3) is 2.20. The number of hydrogen-bond acceptors (Lipinski definition) is 4. The SMILES string of the molecule is CCCN1C(=O)C(=Cc2ccco2)SC1=S. The van der Waals surface area contributed by atoms with Gasteiger partial charge in [-0.15, -0.1) is 0 Å². The lowest BCUT2D eigenvalue weighted by atomic mass is 10.3. The number of rotatable bonds is 3. The van der Waals surface area contributed by atoms with Crippen molar-refractivity contribution in [2.75, 3.05) is 6.54 Å². The second-order valence-corrected chi connectivity index (χ2v) is 5.02. The van der Waals surface area contributed by atoms with Crippen molar-refractivity contribution in [1.29, 1.82) is 0 Å². The van der Waals surface area contributed by atoms with E-state index in [1.54, 1.807) is 23.3 Å². The molecule has 84 valence electrons. The van der Waals surface area contributed by atoms with Gasteiger partial charge in [0.05, 0.1) is 11.2 Å². The zero-order chi connectivity index (χ0) is 11.5. The number of carbonyl (C=O) groups is 1. The van der Waals surface area contributed by atoms with Crippen LogP contribution in [0, 0.1) is 0 Å². The molecule has 2 heterocycles. The maximum absolute atomic E-state index is 11.9. The summed E-state index contributed by atoms with van der Waals surface area (Å²) in [6, 6.07) is 3.60. The van der Waals surface area contributed by atoms with Crippen LogP contribution in [0.5, 0.6) is 0 Å². The Balaban J connectivity index is 2.20. The Kier molecular flexibility index (Phi) is 3.46. The van der Waals surface area contributed by atoms with Gasteiger partial charge in [-0.3, -0.25) is 9.69 Å². The molecule has 0 spiro atoms. The van der Waals surface area contributed by atoms with Crippen molar-refractivity contribution in [1.82, 2.24) is 4.90 Å². The van der Waals surface area contributed by atoms with Crippen molar-refractivity contribution in [3.8, 4) is 0 Å². The maximum atomic E-state index is 11.9. The van der Waals surface area contributed by atoms with E-state index in [2.05, 4.69) is 0 Å². The van der Waals surface area contributed by atoms with Gasteiger partial charge in [0.15, 0.2) is 0 Å². The standard InChI is InChI=1S/C11H11NO2S2/c1-2-5-12-10(13)9(16-11(12)15)7-8-4-3-6-14-8/h3-4,6-7H,2,5H2,1H3. The van der Waals surface area contributed by atoms with Crippen LogP contribution in [0.2, 0.25) is 0 Å². The summed E-state index contributed by atoms with van der Waals surface area (Å²) in [6.45, 7) is 2.70. The van der Waals surface area contributed by atoms with Crippen LogP contribution >= 0.6 is 24.0 Å². The molecule has 0 bridgehead atoms. The lowest BCUT2D eigenvalue weighted by molar-refractivity contribution is -0.122. The Hall–Kier alpha value is -1.07. The van der Waals surface area contributed by atoms with E-state index in [1.165, 1.54) is 11.8 Å². The Morgan fingerprint density at radius 1 is 1.62 bits per heavy atom. The zero-order valence-electron chi connectivity index (χ0n) is 8.80. The molecule has 0 unspecified atom stereocenters. The molecule has 0 saturated carbocycles. The highest BCUT2D eigenvalue weighted by atomic mass is 32.2. The Bertz CT molecular complexity index is 437. The van der Waals surface area contributed by atoms with E-state index in [9.17, 15) is 4.79 Å². The molecule has 0 aromatic carbocycles. The van der Waals surface area contributed by atoms with Crippen molar-refractivity contribution in [2.45, 2.75) is 13.3 Å². The third-order valence-electron chi connectivity index (χ3n) is 2.14. The summed E-state index contributed by atoms with van der Waals surface area (Å²) in [4.78, 5) is 14.2. The first-order chi connectivity index (χ1) is 7.72. The molecule has 1 fully saturated rings. The molecule has 1 saturated heterocycles. The molecule has 16 heavy (non-hydrogen) atoms. The Labute approximate surface area is 103 Å². The molecule has 3 nitrogen and oxygen atoms in total. The van der Waals surface area contributed by atoms with Gasteiger partial charge in [0, 0.05) is 12.6 Å². The number of furan rings is 1. The van der Waals surface area contributed by atoms with E-state index in [-0.39, 0.29) is 5.91 Å². The Morgan fingerprint density at radius 2 is 2.44 bits per heavy atom. The predicted molar refractivity (Wildman–Crippen MR) is 68.9 cm³/mol. The molecular weight excluding hydrogens is 242 g/mol. The lowest BCUT2D eigenvalue weighted by Gasteiger charge is -2.11. The normalized spacial score (nSPS) is 18.8. The van der Waals surface area contributed by atoms with Crippen molar-refractivity contribution < 1.29 is 9.21 Å². The molecule has 1 amide bonds. The summed E-state index contributed by atoms with van der Waals surface area (Å²) < 4.78 is 5.80. The van der Waals surface area contributed by atoms with Gasteiger partial charge < -0.3 is 4.42 Å². The topological polar surface area (TPSA) is 33.5 Å². The number of hydrogen-bond donors (Lipinski definition) is 0. The van der Waals surface area contributed by atoms with Gasteiger partial charge in [0.2, 0.25) is 0 Å². The Morgan fingerprint density at radius 3 is 3.06 bits per heavy atom. The minimum Gasteiger partial charge on any atom is -0.465 e. The fourth-order valence-electron chi connectivity index (χ4n) is 1.42. The number of amides is 1. The molecule has 2 rings (SSSR count). The highest BCUT2D eigenvalue weighted by Gasteiger charge is 2.31. The van der Waals surface area contributed by atoms with Gasteiger partial charge in [0.1, 0.15) is 10.1 Å². The number of thiocarbonyl (C=S) groups is 1. The summed E-state index contributed by atoms with van der Waals surface area (Å²) in [5, 5.41) is 0. The fourth-order valence-corrected chi connectivity index (χ4v) is 2.71. The minimum atomic E-state index is -0.0201. The van der Waals surface area contributed by atoms with Gasteiger partial charge in [-0.25, -0.2) is 0 Å². The van der Waals surface area contributed by atoms with Gasteiger partial charge in [-0.2, -0.15) is 0 Å². The summed E-state index contributed by atoms with van der Waals surface area (Å²) in [7, 11) is 0. The molecule has 1 aromatic rings. The summed E-state index contributed by atoms with van der Waals surface area (Å²) in [5.74, 6) is 0.658. The monoisotopic (exact) mass is 253 g/mol. The summed E-state index contributed by atoms with van der Waals surface area (Å²) in [6.07, 6.45) is 4.22. The zero-order valence-corrected chi connectivity index (χ0v) is 10.4. The predicted octanol–water partition coefficient (Wildman–Crippen LogP) is 2.89. The van der Waals surface area contributed by atoms with Crippen molar-refractivity contribution in [2.24, 2.45) is 0 Å². The van der Waals surface area contributed by atoms with Crippen LogP contribution in [-0.2, 0) is 4.79 Å². The van der Waals surface area contributed by atoms with Crippen LogP contribution < -0.4 is 0 Å². The molecule has 0 aliphatic carbocycles. The van der Waals surface area contributed by atoms with Crippen molar-refractivity contribution >= 4 is 40.3 Å². The van der Waals surface area contributed by atoms with E-state index >= 15 is 0 Å². The summed E-state index contributed by atoms with van der Waals surface area (Å²) in [5.41, 5.74) is 0. The summed E-state index contributed by atoms with van der Waals surface area (Å²) >= 11 is 6.48. The van der Waals surface area contributed by atoms with Gasteiger partial charge in [-0.05, 0) is 18.6 Å². The van der Waals surface area contributed by atoms with Crippen LogP contribution in [0.4, 0.5) is 0 Å². The fraction of sp³-hybridized carbons (Fsp3) is 0.273. The largest absolute Gasteiger partial charge is 0.465 e. The maximum Gasteiger partial charge on any atom is 0.266 e.